The maximum Gasteiger partial charge on any atom is 0.417 e. The molecule has 122 valence electrons. The first-order valence-electron chi connectivity index (χ1n) is 6.96. The predicted molar refractivity (Wildman–Crippen MR) is 77.4 cm³/mol. The standard InChI is InChI=1S/C14H26N2O5/c1-7-20-12(18)11(9(2)3)16(10(17)8-15)13(19)21-14(4,5)6/h9,11H,7-8,15H2,1-6H3/t11-/m0/s1. The first-order valence-corrected chi connectivity index (χ1v) is 6.96. The van der Waals surface area contributed by atoms with Crippen LogP contribution in [0.1, 0.15) is 41.5 Å². The van der Waals surface area contributed by atoms with E-state index >= 15 is 0 Å². The molecule has 0 radical (unpaired) electrons. The third-order valence-electron chi connectivity index (χ3n) is 2.47. The highest BCUT2D eigenvalue weighted by Crippen LogP contribution is 2.18. The average Bonchev–Trinajstić information content (AvgIpc) is 2.32. The molecule has 0 heterocycles. The molecule has 1 atom stereocenters. The average molecular weight is 302 g/mol. The second-order valence-electron chi connectivity index (χ2n) is 5.89. The van der Waals surface area contributed by atoms with E-state index < -0.39 is 36.2 Å². The Bertz CT molecular complexity index is 387. The molecule has 0 aromatic heterocycles. The van der Waals surface area contributed by atoms with Crippen molar-refractivity contribution in [1.29, 1.82) is 0 Å². The van der Waals surface area contributed by atoms with Crippen LogP contribution in [0.4, 0.5) is 4.79 Å². The van der Waals surface area contributed by atoms with Crippen molar-refractivity contribution in [2.45, 2.75) is 53.2 Å². The third kappa shape index (κ3) is 6.12. The zero-order chi connectivity index (χ0) is 16.8. The largest absolute Gasteiger partial charge is 0.464 e. The Morgan fingerprint density at radius 3 is 2.05 bits per heavy atom. The summed E-state index contributed by atoms with van der Waals surface area (Å²) in [7, 11) is 0. The van der Waals surface area contributed by atoms with Crippen LogP contribution in [0.2, 0.25) is 0 Å². The lowest BCUT2D eigenvalue weighted by atomic mass is 10.0. The first-order chi connectivity index (χ1) is 9.55. The van der Waals surface area contributed by atoms with Crippen molar-refractivity contribution >= 4 is 18.0 Å². The Labute approximate surface area is 125 Å². The summed E-state index contributed by atoms with van der Waals surface area (Å²) in [5, 5.41) is 0. The summed E-state index contributed by atoms with van der Waals surface area (Å²) in [5.74, 6) is -1.66. The highest BCUT2D eigenvalue weighted by Gasteiger charge is 2.39. The minimum atomic E-state index is -1.06. The molecule has 7 heteroatoms. The van der Waals surface area contributed by atoms with Crippen molar-refractivity contribution in [2.75, 3.05) is 13.2 Å². The van der Waals surface area contributed by atoms with Gasteiger partial charge < -0.3 is 15.2 Å². The van der Waals surface area contributed by atoms with Crippen molar-refractivity contribution < 1.29 is 23.9 Å². The summed E-state index contributed by atoms with van der Waals surface area (Å²) in [6, 6.07) is -1.06. The Hall–Kier alpha value is -1.63. The predicted octanol–water partition coefficient (Wildman–Crippen LogP) is 1.30. The molecule has 0 aliphatic rings. The summed E-state index contributed by atoms with van der Waals surface area (Å²) in [4.78, 5) is 37.0. The van der Waals surface area contributed by atoms with Crippen molar-refractivity contribution in [3.63, 3.8) is 0 Å². The SMILES string of the molecule is CCOC(=O)[C@H](C(C)C)N(C(=O)CN)C(=O)OC(C)(C)C. The number of rotatable bonds is 5. The molecule has 0 fully saturated rings. The van der Waals surface area contributed by atoms with Gasteiger partial charge in [-0.3, -0.25) is 4.79 Å². The van der Waals surface area contributed by atoms with Gasteiger partial charge in [-0.25, -0.2) is 14.5 Å². The molecule has 0 spiro atoms. The maximum absolute atomic E-state index is 12.2. The van der Waals surface area contributed by atoms with Gasteiger partial charge in [-0.15, -0.1) is 0 Å². The lowest BCUT2D eigenvalue weighted by Gasteiger charge is -2.32. The fourth-order valence-electron chi connectivity index (χ4n) is 1.68. The minimum absolute atomic E-state index is 0.154. The number of imide groups is 1. The van der Waals surface area contributed by atoms with E-state index in [-0.39, 0.29) is 12.5 Å². The van der Waals surface area contributed by atoms with Crippen molar-refractivity contribution in [1.82, 2.24) is 4.90 Å². The van der Waals surface area contributed by atoms with Gasteiger partial charge in [0.25, 0.3) is 0 Å². The zero-order valence-electron chi connectivity index (χ0n) is 13.6. The lowest BCUT2D eigenvalue weighted by molar-refractivity contribution is -0.155. The number of amides is 2. The summed E-state index contributed by atoms with van der Waals surface area (Å²) in [6.45, 7) is 9.84. The molecule has 2 amide bonds. The van der Waals surface area contributed by atoms with Gasteiger partial charge >= 0.3 is 12.1 Å². The second-order valence-corrected chi connectivity index (χ2v) is 5.89. The Morgan fingerprint density at radius 2 is 1.71 bits per heavy atom. The fraction of sp³-hybridized carbons (Fsp3) is 0.786. The van der Waals surface area contributed by atoms with Gasteiger partial charge in [-0.05, 0) is 33.6 Å². The van der Waals surface area contributed by atoms with Gasteiger partial charge in [-0.1, -0.05) is 13.8 Å². The molecule has 7 nitrogen and oxygen atoms in total. The van der Waals surface area contributed by atoms with Gasteiger partial charge in [-0.2, -0.15) is 0 Å². The summed E-state index contributed by atoms with van der Waals surface area (Å²) in [5.41, 5.74) is 4.54. The molecule has 21 heavy (non-hydrogen) atoms. The Kier molecular flexibility index (Phi) is 7.35. The van der Waals surface area contributed by atoms with Crippen LogP contribution in [0, 0.1) is 5.92 Å². The molecule has 0 aromatic rings. The number of hydrogen-bond acceptors (Lipinski definition) is 6. The number of ether oxygens (including phenoxy) is 2. The molecule has 0 bridgehead atoms. The van der Waals surface area contributed by atoms with E-state index in [2.05, 4.69) is 0 Å². The van der Waals surface area contributed by atoms with Gasteiger partial charge in [0.05, 0.1) is 13.2 Å². The quantitative estimate of drug-likeness (QED) is 0.768. The molecule has 0 rings (SSSR count). The summed E-state index contributed by atoms with van der Waals surface area (Å²) >= 11 is 0. The molecular formula is C14H26N2O5. The van der Waals surface area contributed by atoms with E-state index in [1.165, 1.54) is 0 Å². The van der Waals surface area contributed by atoms with Crippen LogP contribution in [0.3, 0.4) is 0 Å². The third-order valence-corrected chi connectivity index (χ3v) is 2.47. The number of nitrogens with zero attached hydrogens (tertiary/aromatic N) is 1. The molecule has 0 aliphatic heterocycles. The topological polar surface area (TPSA) is 98.9 Å². The van der Waals surface area contributed by atoms with Crippen LogP contribution in [0.15, 0.2) is 0 Å². The van der Waals surface area contributed by atoms with Crippen LogP contribution in [0.25, 0.3) is 0 Å². The van der Waals surface area contributed by atoms with Crippen LogP contribution < -0.4 is 5.73 Å². The van der Waals surface area contributed by atoms with E-state index in [4.69, 9.17) is 15.2 Å². The zero-order valence-corrected chi connectivity index (χ0v) is 13.6. The molecular weight excluding hydrogens is 276 g/mol. The number of hydrogen-bond donors (Lipinski definition) is 1. The second kappa shape index (κ2) is 7.97. The number of carbonyl (C=O) groups excluding carboxylic acids is 3. The van der Waals surface area contributed by atoms with Crippen molar-refractivity contribution in [3.05, 3.63) is 0 Å². The van der Waals surface area contributed by atoms with Gasteiger partial charge in [0.2, 0.25) is 5.91 Å². The van der Waals surface area contributed by atoms with E-state index in [0.29, 0.717) is 0 Å². The van der Waals surface area contributed by atoms with Gasteiger partial charge in [0.15, 0.2) is 0 Å². The summed E-state index contributed by atoms with van der Waals surface area (Å²) < 4.78 is 10.1. The van der Waals surface area contributed by atoms with E-state index in [0.717, 1.165) is 4.90 Å². The summed E-state index contributed by atoms with van der Waals surface area (Å²) in [6.07, 6.45) is -0.898. The molecule has 0 unspecified atom stereocenters. The molecule has 0 aromatic carbocycles. The molecule has 0 saturated heterocycles. The molecule has 0 saturated carbocycles. The van der Waals surface area contributed by atoms with Crippen molar-refractivity contribution in [3.8, 4) is 0 Å². The normalized spacial score (nSPS) is 12.8. The van der Waals surface area contributed by atoms with E-state index in [1.807, 2.05) is 0 Å². The van der Waals surface area contributed by atoms with E-state index in [1.54, 1.807) is 41.5 Å². The Balaban J connectivity index is 5.49. The molecule has 0 aliphatic carbocycles. The highest BCUT2D eigenvalue weighted by atomic mass is 16.6. The molecule has 2 N–H and O–H groups in total. The number of esters is 1. The minimum Gasteiger partial charge on any atom is -0.464 e. The number of carbonyl (C=O) groups is 3. The van der Waals surface area contributed by atoms with Crippen LogP contribution in [-0.2, 0) is 19.1 Å². The van der Waals surface area contributed by atoms with Crippen LogP contribution in [0.5, 0.6) is 0 Å². The smallest absolute Gasteiger partial charge is 0.417 e. The maximum atomic E-state index is 12.2. The van der Waals surface area contributed by atoms with Gasteiger partial charge in [0.1, 0.15) is 11.6 Å². The highest BCUT2D eigenvalue weighted by molar-refractivity contribution is 5.97. The lowest BCUT2D eigenvalue weighted by Crippen LogP contribution is -2.54. The van der Waals surface area contributed by atoms with Gasteiger partial charge in [0, 0.05) is 0 Å². The Morgan fingerprint density at radius 1 is 1.19 bits per heavy atom. The number of nitrogens with two attached hydrogens (primary N) is 1. The fourth-order valence-corrected chi connectivity index (χ4v) is 1.68. The first kappa shape index (κ1) is 19.4. The van der Waals surface area contributed by atoms with Crippen LogP contribution >= 0.6 is 0 Å². The van der Waals surface area contributed by atoms with Crippen molar-refractivity contribution in [2.24, 2.45) is 11.7 Å². The van der Waals surface area contributed by atoms with Crippen LogP contribution in [-0.4, -0.2) is 47.7 Å². The van der Waals surface area contributed by atoms with E-state index in [9.17, 15) is 14.4 Å². The monoisotopic (exact) mass is 302 g/mol.